The first-order valence-corrected chi connectivity index (χ1v) is 4.38. The Bertz CT molecular complexity index is 473. The van der Waals surface area contributed by atoms with Crippen molar-refractivity contribution in [1.29, 1.82) is 0 Å². The molecule has 74 valence electrons. The predicted octanol–water partition coefficient (Wildman–Crippen LogP) is 3.16. The second-order valence-corrected chi connectivity index (χ2v) is 3.58. The van der Waals surface area contributed by atoms with E-state index in [0.29, 0.717) is 11.0 Å². The first-order valence-electron chi connectivity index (χ1n) is 4.00. The molecule has 0 radical (unpaired) electrons. The normalized spacial score (nSPS) is 12.3. The van der Waals surface area contributed by atoms with E-state index in [4.69, 9.17) is 11.6 Å². The minimum atomic E-state index is -3.44. The van der Waals surface area contributed by atoms with Crippen LogP contribution in [-0.4, -0.2) is 9.97 Å². The summed E-state index contributed by atoms with van der Waals surface area (Å²) in [7, 11) is 0. The van der Waals surface area contributed by atoms with Crippen molar-refractivity contribution in [3.8, 4) is 0 Å². The number of rotatable bonds is 1. The summed E-state index contributed by atoms with van der Waals surface area (Å²) in [6.07, 6.45) is 0. The van der Waals surface area contributed by atoms with Gasteiger partial charge in [0, 0.05) is 0 Å². The largest absolute Gasteiger partial charge is 0.379 e. The Morgan fingerprint density at radius 3 is 2.79 bits per heavy atom. The summed E-state index contributed by atoms with van der Waals surface area (Å²) in [4.78, 5) is 6.17. The van der Waals surface area contributed by atoms with Crippen LogP contribution in [0.4, 0.5) is 8.78 Å². The molecule has 0 bridgehead atoms. The quantitative estimate of drug-likeness (QED) is 0.729. The third kappa shape index (κ3) is 1.57. The van der Waals surface area contributed by atoms with Crippen molar-refractivity contribution in [3.05, 3.63) is 29.6 Å². The SMILES string of the molecule is Cc1ccc2nc(C(F)(F)Cl)[nH]c2c1. The van der Waals surface area contributed by atoms with Gasteiger partial charge >= 0.3 is 5.38 Å². The zero-order chi connectivity index (χ0) is 10.3. The summed E-state index contributed by atoms with van der Waals surface area (Å²) in [5.41, 5.74) is 2.04. The van der Waals surface area contributed by atoms with Crippen LogP contribution >= 0.6 is 11.6 Å². The lowest BCUT2D eigenvalue weighted by Gasteiger charge is -2.00. The first kappa shape index (κ1) is 9.40. The standard InChI is InChI=1S/C9H7ClF2N2/c1-5-2-3-6-7(4-5)14-8(13-6)9(10,11)12/h2-4H,1H3,(H,13,14). The van der Waals surface area contributed by atoms with Gasteiger partial charge in [-0.25, -0.2) is 4.98 Å². The second-order valence-electron chi connectivity index (χ2n) is 3.10. The number of H-pyrrole nitrogens is 1. The number of aryl methyl sites for hydroxylation is 1. The van der Waals surface area contributed by atoms with Crippen LogP contribution in [0.3, 0.4) is 0 Å². The molecule has 0 aliphatic rings. The highest BCUT2D eigenvalue weighted by Gasteiger charge is 2.31. The van der Waals surface area contributed by atoms with Crippen LogP contribution in [-0.2, 0) is 5.38 Å². The van der Waals surface area contributed by atoms with Gasteiger partial charge in [0.05, 0.1) is 11.0 Å². The minimum absolute atomic E-state index is 0.492. The number of halogens is 3. The monoisotopic (exact) mass is 216 g/mol. The molecule has 2 aromatic rings. The Labute approximate surface area is 83.9 Å². The third-order valence-electron chi connectivity index (χ3n) is 1.91. The fourth-order valence-corrected chi connectivity index (χ4v) is 1.35. The summed E-state index contributed by atoms with van der Waals surface area (Å²) in [5, 5.41) is -3.44. The molecule has 1 aromatic carbocycles. The summed E-state index contributed by atoms with van der Waals surface area (Å²) in [6.45, 7) is 1.87. The van der Waals surface area contributed by atoms with E-state index in [1.165, 1.54) is 0 Å². The van der Waals surface area contributed by atoms with E-state index in [1.54, 1.807) is 18.2 Å². The Balaban J connectivity index is 2.63. The smallest absolute Gasteiger partial charge is 0.336 e. The van der Waals surface area contributed by atoms with E-state index >= 15 is 0 Å². The van der Waals surface area contributed by atoms with E-state index in [0.717, 1.165) is 5.56 Å². The van der Waals surface area contributed by atoms with Gasteiger partial charge in [-0.2, -0.15) is 8.78 Å². The van der Waals surface area contributed by atoms with Crippen LogP contribution in [0.1, 0.15) is 11.4 Å². The van der Waals surface area contributed by atoms with Crippen LogP contribution in [0.25, 0.3) is 11.0 Å². The zero-order valence-electron chi connectivity index (χ0n) is 7.31. The average Bonchev–Trinajstić information content (AvgIpc) is 2.45. The Morgan fingerprint density at radius 2 is 2.14 bits per heavy atom. The van der Waals surface area contributed by atoms with Crippen LogP contribution in [0, 0.1) is 6.92 Å². The van der Waals surface area contributed by atoms with Crippen molar-refractivity contribution < 1.29 is 8.78 Å². The van der Waals surface area contributed by atoms with E-state index in [1.807, 2.05) is 6.92 Å². The molecule has 1 N–H and O–H groups in total. The van der Waals surface area contributed by atoms with Crippen molar-refractivity contribution in [2.45, 2.75) is 12.3 Å². The third-order valence-corrected chi connectivity index (χ3v) is 2.08. The zero-order valence-corrected chi connectivity index (χ0v) is 8.07. The van der Waals surface area contributed by atoms with Gasteiger partial charge < -0.3 is 4.98 Å². The molecule has 14 heavy (non-hydrogen) atoms. The predicted molar refractivity (Wildman–Crippen MR) is 50.6 cm³/mol. The molecule has 0 amide bonds. The number of hydrogen-bond donors (Lipinski definition) is 1. The maximum absolute atomic E-state index is 12.7. The number of alkyl halides is 3. The van der Waals surface area contributed by atoms with Gasteiger partial charge in [0.15, 0.2) is 5.82 Å². The van der Waals surface area contributed by atoms with Gasteiger partial charge in [0.2, 0.25) is 0 Å². The van der Waals surface area contributed by atoms with E-state index in [2.05, 4.69) is 9.97 Å². The molecule has 0 spiro atoms. The van der Waals surface area contributed by atoms with Gasteiger partial charge in [-0.05, 0) is 36.2 Å². The summed E-state index contributed by atoms with van der Waals surface area (Å²) >= 11 is 4.84. The van der Waals surface area contributed by atoms with Gasteiger partial charge in [-0.3, -0.25) is 0 Å². The molecule has 0 saturated carbocycles. The topological polar surface area (TPSA) is 28.7 Å². The highest BCUT2D eigenvalue weighted by molar-refractivity contribution is 6.21. The molecule has 0 atom stereocenters. The van der Waals surface area contributed by atoms with E-state index in [9.17, 15) is 8.78 Å². The lowest BCUT2D eigenvalue weighted by atomic mass is 10.2. The fourth-order valence-electron chi connectivity index (χ4n) is 1.26. The average molecular weight is 217 g/mol. The Kier molecular flexibility index (Phi) is 1.96. The molecule has 1 aromatic heterocycles. The molecule has 1 heterocycles. The highest BCUT2D eigenvalue weighted by atomic mass is 35.5. The lowest BCUT2D eigenvalue weighted by molar-refractivity contribution is 0.0858. The molecule has 2 nitrogen and oxygen atoms in total. The van der Waals surface area contributed by atoms with Crippen molar-refractivity contribution in [2.75, 3.05) is 0 Å². The highest BCUT2D eigenvalue weighted by Crippen LogP contribution is 2.31. The van der Waals surface area contributed by atoms with E-state index in [-0.39, 0.29) is 0 Å². The van der Waals surface area contributed by atoms with Gasteiger partial charge in [0.1, 0.15) is 0 Å². The second kappa shape index (κ2) is 2.92. The molecule has 0 saturated heterocycles. The van der Waals surface area contributed by atoms with Crippen molar-refractivity contribution in [3.63, 3.8) is 0 Å². The van der Waals surface area contributed by atoms with Gasteiger partial charge in [0.25, 0.3) is 0 Å². The number of aromatic nitrogens is 2. The molecule has 0 aliphatic carbocycles. The molecule has 2 rings (SSSR count). The van der Waals surface area contributed by atoms with Crippen molar-refractivity contribution in [2.24, 2.45) is 0 Å². The van der Waals surface area contributed by atoms with E-state index < -0.39 is 11.2 Å². The van der Waals surface area contributed by atoms with Crippen LogP contribution in [0.15, 0.2) is 18.2 Å². The minimum Gasteiger partial charge on any atom is -0.336 e. The molecule has 0 fully saturated rings. The maximum Gasteiger partial charge on any atom is 0.379 e. The van der Waals surface area contributed by atoms with Crippen LogP contribution in [0.2, 0.25) is 0 Å². The number of aromatic amines is 1. The molecule has 0 unspecified atom stereocenters. The van der Waals surface area contributed by atoms with Gasteiger partial charge in [-0.1, -0.05) is 6.07 Å². The number of hydrogen-bond acceptors (Lipinski definition) is 1. The summed E-state index contributed by atoms with van der Waals surface area (Å²) in [6, 6.07) is 5.22. The number of fused-ring (bicyclic) bond motifs is 1. The Morgan fingerprint density at radius 1 is 1.43 bits per heavy atom. The molecular weight excluding hydrogens is 210 g/mol. The number of nitrogens with zero attached hydrogens (tertiary/aromatic N) is 1. The van der Waals surface area contributed by atoms with Gasteiger partial charge in [-0.15, -0.1) is 0 Å². The molecule has 5 heteroatoms. The molecule has 0 aliphatic heterocycles. The number of benzene rings is 1. The van der Waals surface area contributed by atoms with Crippen molar-refractivity contribution in [1.82, 2.24) is 9.97 Å². The van der Waals surface area contributed by atoms with Crippen LogP contribution in [0.5, 0.6) is 0 Å². The summed E-state index contributed by atoms with van der Waals surface area (Å²) in [5.74, 6) is -0.514. The van der Waals surface area contributed by atoms with Crippen molar-refractivity contribution >= 4 is 22.6 Å². The Hall–Kier alpha value is -1.16. The fraction of sp³-hybridized carbons (Fsp3) is 0.222. The lowest BCUT2D eigenvalue weighted by Crippen LogP contribution is -2.05. The van der Waals surface area contributed by atoms with Crippen LogP contribution < -0.4 is 0 Å². The maximum atomic E-state index is 12.7. The number of nitrogens with one attached hydrogen (secondary N) is 1. The number of imidazole rings is 1. The first-order chi connectivity index (χ1) is 6.47. The molecular formula is C9H7ClF2N2. The summed E-state index contributed by atoms with van der Waals surface area (Å²) < 4.78 is 25.3.